The summed E-state index contributed by atoms with van der Waals surface area (Å²) in [5.41, 5.74) is 1.25. The molecule has 2 bridgehead atoms. The van der Waals surface area contributed by atoms with E-state index >= 15 is 0 Å². The number of rotatable bonds is 1. The molecule has 5 rings (SSSR count). The molecule has 130 valence electrons. The molecule has 4 heteroatoms. The average Bonchev–Trinajstić information content (AvgIpc) is 2.49. The number of phenols is 2. The van der Waals surface area contributed by atoms with Crippen LogP contribution in [0.5, 0.6) is 11.5 Å². The number of benzene rings is 1. The van der Waals surface area contributed by atoms with Crippen LogP contribution in [-0.2, 0) is 14.9 Å². The van der Waals surface area contributed by atoms with Crippen LogP contribution < -0.4 is 0 Å². The summed E-state index contributed by atoms with van der Waals surface area (Å²) in [4.78, 5) is 12.9. The summed E-state index contributed by atoms with van der Waals surface area (Å²) < 4.78 is 5.73. The van der Waals surface area contributed by atoms with Gasteiger partial charge < -0.3 is 14.9 Å². The van der Waals surface area contributed by atoms with E-state index in [2.05, 4.69) is 13.8 Å². The fraction of sp³-hybridized carbons (Fsp3) is 0.650. The molecule has 24 heavy (non-hydrogen) atoms. The van der Waals surface area contributed by atoms with Crippen LogP contribution in [0.4, 0.5) is 0 Å². The first kappa shape index (κ1) is 15.8. The number of hydrogen-bond donors (Lipinski definition) is 2. The largest absolute Gasteiger partial charge is 0.508 e. The highest BCUT2D eigenvalue weighted by molar-refractivity contribution is 5.90. The van der Waals surface area contributed by atoms with Crippen molar-refractivity contribution in [3.8, 4) is 11.5 Å². The van der Waals surface area contributed by atoms with Gasteiger partial charge in [0, 0.05) is 16.7 Å². The molecule has 1 spiro atoms. The predicted octanol–water partition coefficient (Wildman–Crippen LogP) is 4.29. The first-order valence-electron chi connectivity index (χ1n) is 9.00. The fourth-order valence-corrected chi connectivity index (χ4v) is 5.60. The van der Waals surface area contributed by atoms with Gasteiger partial charge in [-0.2, -0.15) is 0 Å². The van der Waals surface area contributed by atoms with Crippen molar-refractivity contribution in [2.75, 3.05) is 0 Å². The minimum Gasteiger partial charge on any atom is -0.508 e. The molecule has 4 aliphatic rings. The standard InChI is InChI=1S/C20H26O4/c1-10(2)11-8-12(21)16-15(17(11)22)13-9-14-19(3,4)6-5-7-20(14,16)18(23)24-13/h8,10,13-14,21-22H,5-7,9H2,1-4H3/t13-,14+,20-/m1/s1. The molecule has 2 aliphatic heterocycles. The van der Waals surface area contributed by atoms with Crippen molar-refractivity contribution in [3.63, 3.8) is 0 Å². The lowest BCUT2D eigenvalue weighted by molar-refractivity contribution is -0.185. The normalized spacial score (nSPS) is 33.1. The number of ether oxygens (including phenoxy) is 1. The summed E-state index contributed by atoms with van der Waals surface area (Å²) in [6.07, 6.45) is 2.98. The maximum absolute atomic E-state index is 12.9. The Kier molecular flexibility index (Phi) is 3.08. The Hall–Kier alpha value is -1.71. The van der Waals surface area contributed by atoms with E-state index in [4.69, 9.17) is 4.74 Å². The van der Waals surface area contributed by atoms with Gasteiger partial charge in [-0.3, -0.25) is 4.79 Å². The molecule has 0 unspecified atom stereocenters. The van der Waals surface area contributed by atoms with Crippen LogP contribution in [0.1, 0.15) is 82.1 Å². The van der Waals surface area contributed by atoms with E-state index in [9.17, 15) is 15.0 Å². The number of carbonyl (C=O) groups excluding carboxylic acids is 1. The third kappa shape index (κ3) is 1.72. The second-order valence-electron chi connectivity index (χ2n) is 8.77. The minimum atomic E-state index is -0.803. The molecular weight excluding hydrogens is 304 g/mol. The molecule has 2 N–H and O–H groups in total. The number of carbonyl (C=O) groups is 1. The summed E-state index contributed by atoms with van der Waals surface area (Å²) in [5.74, 6) is 0.379. The third-order valence-electron chi connectivity index (χ3n) is 6.73. The first-order chi connectivity index (χ1) is 11.2. The van der Waals surface area contributed by atoms with Crippen molar-refractivity contribution in [2.24, 2.45) is 11.3 Å². The van der Waals surface area contributed by atoms with E-state index < -0.39 is 11.5 Å². The second-order valence-corrected chi connectivity index (χ2v) is 8.77. The van der Waals surface area contributed by atoms with Crippen LogP contribution in [0.2, 0.25) is 0 Å². The van der Waals surface area contributed by atoms with Gasteiger partial charge >= 0.3 is 5.97 Å². The van der Waals surface area contributed by atoms with Gasteiger partial charge in [-0.05, 0) is 42.6 Å². The van der Waals surface area contributed by atoms with Crippen LogP contribution in [0.15, 0.2) is 6.07 Å². The summed E-state index contributed by atoms with van der Waals surface area (Å²) in [6.45, 7) is 8.40. The average molecular weight is 330 g/mol. The van der Waals surface area contributed by atoms with Gasteiger partial charge in [-0.15, -0.1) is 0 Å². The lowest BCUT2D eigenvalue weighted by Crippen LogP contribution is -2.59. The zero-order valence-corrected chi connectivity index (χ0v) is 14.8. The summed E-state index contributed by atoms with van der Waals surface area (Å²) >= 11 is 0. The fourth-order valence-electron chi connectivity index (χ4n) is 5.60. The number of phenolic OH excluding ortho intramolecular Hbond substituents is 2. The van der Waals surface area contributed by atoms with Crippen molar-refractivity contribution < 1.29 is 19.7 Å². The Morgan fingerprint density at radius 2 is 1.96 bits per heavy atom. The highest BCUT2D eigenvalue weighted by Gasteiger charge is 2.65. The monoisotopic (exact) mass is 330 g/mol. The lowest BCUT2D eigenvalue weighted by atomic mass is 9.47. The summed E-state index contributed by atoms with van der Waals surface area (Å²) in [5, 5.41) is 21.7. The first-order valence-corrected chi connectivity index (χ1v) is 9.00. The lowest BCUT2D eigenvalue weighted by Gasteiger charge is -2.58. The third-order valence-corrected chi connectivity index (χ3v) is 6.73. The highest BCUT2D eigenvalue weighted by atomic mass is 16.5. The molecule has 1 saturated heterocycles. The van der Waals surface area contributed by atoms with E-state index in [1.807, 2.05) is 13.8 Å². The van der Waals surface area contributed by atoms with Crippen LogP contribution in [0.25, 0.3) is 0 Å². The zero-order valence-electron chi connectivity index (χ0n) is 14.8. The molecule has 0 aromatic heterocycles. The maximum atomic E-state index is 12.9. The molecule has 1 aromatic rings. The molecule has 2 aliphatic carbocycles. The maximum Gasteiger partial charge on any atom is 0.317 e. The molecule has 3 atom stereocenters. The van der Waals surface area contributed by atoms with E-state index in [0.29, 0.717) is 17.5 Å². The van der Waals surface area contributed by atoms with Gasteiger partial charge in [-0.1, -0.05) is 34.1 Å². The van der Waals surface area contributed by atoms with Gasteiger partial charge in [0.2, 0.25) is 0 Å². The minimum absolute atomic E-state index is 0.0202. The zero-order chi connectivity index (χ0) is 17.4. The molecule has 1 saturated carbocycles. The summed E-state index contributed by atoms with van der Waals surface area (Å²) in [6, 6.07) is 1.65. The molecule has 2 fully saturated rings. The van der Waals surface area contributed by atoms with Crippen LogP contribution in [0, 0.1) is 11.3 Å². The van der Waals surface area contributed by atoms with E-state index in [1.165, 1.54) is 0 Å². The van der Waals surface area contributed by atoms with Gasteiger partial charge in [0.1, 0.15) is 23.0 Å². The number of hydrogen-bond acceptors (Lipinski definition) is 4. The molecular formula is C20H26O4. The van der Waals surface area contributed by atoms with E-state index in [0.717, 1.165) is 24.8 Å². The quantitative estimate of drug-likeness (QED) is 0.595. The van der Waals surface area contributed by atoms with Crippen molar-refractivity contribution in [1.29, 1.82) is 0 Å². The van der Waals surface area contributed by atoms with Gasteiger partial charge in [0.15, 0.2) is 0 Å². The highest BCUT2D eigenvalue weighted by Crippen LogP contribution is 2.66. The van der Waals surface area contributed by atoms with Gasteiger partial charge in [0.25, 0.3) is 0 Å². The Morgan fingerprint density at radius 1 is 1.25 bits per heavy atom. The van der Waals surface area contributed by atoms with Crippen molar-refractivity contribution in [1.82, 2.24) is 0 Å². The second kappa shape index (κ2) is 4.68. The Labute approximate surface area is 142 Å². The molecule has 1 aromatic carbocycles. The number of fused-ring (bicyclic) bond motifs is 1. The van der Waals surface area contributed by atoms with E-state index in [-0.39, 0.29) is 34.7 Å². The van der Waals surface area contributed by atoms with Gasteiger partial charge in [0.05, 0.1) is 0 Å². The summed E-state index contributed by atoms with van der Waals surface area (Å²) in [7, 11) is 0. The topological polar surface area (TPSA) is 66.8 Å². The van der Waals surface area contributed by atoms with Crippen molar-refractivity contribution in [3.05, 3.63) is 22.8 Å². The molecule has 4 nitrogen and oxygen atoms in total. The smallest absolute Gasteiger partial charge is 0.317 e. The predicted molar refractivity (Wildman–Crippen MR) is 90.1 cm³/mol. The van der Waals surface area contributed by atoms with Crippen LogP contribution in [0.3, 0.4) is 0 Å². The van der Waals surface area contributed by atoms with Crippen LogP contribution >= 0.6 is 0 Å². The SMILES string of the molecule is CC(C)c1cc(O)c2c(c1O)[C@H]1C[C@H]3C(C)(C)CCC[C@]23C(=O)O1. The number of esters is 1. The van der Waals surface area contributed by atoms with Crippen molar-refractivity contribution in [2.45, 2.75) is 70.8 Å². The van der Waals surface area contributed by atoms with Gasteiger partial charge in [-0.25, -0.2) is 0 Å². The van der Waals surface area contributed by atoms with Crippen molar-refractivity contribution >= 4 is 5.97 Å². The van der Waals surface area contributed by atoms with E-state index in [1.54, 1.807) is 6.07 Å². The Bertz CT molecular complexity index is 734. The van der Waals surface area contributed by atoms with Crippen LogP contribution in [-0.4, -0.2) is 16.2 Å². The molecule has 2 heterocycles. The Balaban J connectivity index is 2.03. The Morgan fingerprint density at radius 3 is 2.62 bits per heavy atom. The molecule has 0 amide bonds. The number of aromatic hydroxyl groups is 2. The molecule has 0 radical (unpaired) electrons.